The second kappa shape index (κ2) is 8.50. The fourth-order valence-electron chi connectivity index (χ4n) is 2.12. The summed E-state index contributed by atoms with van der Waals surface area (Å²) in [7, 11) is 1.72. The SMILES string of the molecule is CN=C(NCc1cccc([N+](=O)[O-])c1)NC(C)CCC(C)(C)C. The van der Waals surface area contributed by atoms with Gasteiger partial charge >= 0.3 is 0 Å². The van der Waals surface area contributed by atoms with E-state index in [0.717, 1.165) is 18.4 Å². The quantitative estimate of drug-likeness (QED) is 0.364. The van der Waals surface area contributed by atoms with Crippen molar-refractivity contribution in [3.63, 3.8) is 0 Å². The molecule has 0 aromatic heterocycles. The number of hydrogen-bond acceptors (Lipinski definition) is 3. The molecule has 0 saturated heterocycles. The van der Waals surface area contributed by atoms with Crippen molar-refractivity contribution in [2.75, 3.05) is 7.05 Å². The van der Waals surface area contributed by atoms with Crippen molar-refractivity contribution >= 4 is 11.6 Å². The zero-order valence-corrected chi connectivity index (χ0v) is 14.7. The van der Waals surface area contributed by atoms with Gasteiger partial charge in [-0.25, -0.2) is 0 Å². The van der Waals surface area contributed by atoms with Gasteiger partial charge in [0.05, 0.1) is 4.92 Å². The van der Waals surface area contributed by atoms with E-state index in [1.165, 1.54) is 6.07 Å². The van der Waals surface area contributed by atoms with Crippen molar-refractivity contribution in [1.82, 2.24) is 10.6 Å². The van der Waals surface area contributed by atoms with E-state index in [4.69, 9.17) is 0 Å². The predicted octanol–water partition coefficient (Wildman–Crippen LogP) is 3.47. The van der Waals surface area contributed by atoms with Gasteiger partial charge in [0.1, 0.15) is 0 Å². The third-order valence-electron chi connectivity index (χ3n) is 3.52. The van der Waals surface area contributed by atoms with Gasteiger partial charge in [-0.1, -0.05) is 32.9 Å². The second-order valence-electron chi connectivity index (χ2n) is 7.00. The van der Waals surface area contributed by atoms with Crippen LogP contribution in [-0.4, -0.2) is 24.0 Å². The number of benzene rings is 1. The van der Waals surface area contributed by atoms with Gasteiger partial charge in [0.2, 0.25) is 0 Å². The summed E-state index contributed by atoms with van der Waals surface area (Å²) in [4.78, 5) is 14.6. The number of hydrogen-bond donors (Lipinski definition) is 2. The topological polar surface area (TPSA) is 79.6 Å². The molecule has 128 valence electrons. The molecule has 2 N–H and O–H groups in total. The minimum absolute atomic E-state index is 0.103. The normalized spacial score (nSPS) is 13.5. The van der Waals surface area contributed by atoms with E-state index in [1.54, 1.807) is 19.2 Å². The molecule has 0 spiro atoms. The molecule has 1 aromatic rings. The molecular formula is C17H28N4O2. The first-order chi connectivity index (χ1) is 10.7. The van der Waals surface area contributed by atoms with Gasteiger partial charge in [-0.3, -0.25) is 15.1 Å². The number of nitro benzene ring substituents is 1. The molecule has 6 nitrogen and oxygen atoms in total. The molecule has 0 radical (unpaired) electrons. The predicted molar refractivity (Wildman–Crippen MR) is 94.6 cm³/mol. The highest BCUT2D eigenvalue weighted by Crippen LogP contribution is 2.21. The van der Waals surface area contributed by atoms with Crippen LogP contribution in [0.25, 0.3) is 0 Å². The van der Waals surface area contributed by atoms with E-state index >= 15 is 0 Å². The molecule has 0 aliphatic carbocycles. The van der Waals surface area contributed by atoms with Crippen LogP contribution >= 0.6 is 0 Å². The summed E-state index contributed by atoms with van der Waals surface area (Å²) in [5.41, 5.74) is 1.27. The zero-order chi connectivity index (χ0) is 17.5. The first kappa shape index (κ1) is 18.9. The Hall–Kier alpha value is -2.11. The highest BCUT2D eigenvalue weighted by molar-refractivity contribution is 5.79. The molecule has 0 fully saturated rings. The van der Waals surface area contributed by atoms with Crippen molar-refractivity contribution < 1.29 is 4.92 Å². The van der Waals surface area contributed by atoms with Crippen LogP contribution in [0, 0.1) is 15.5 Å². The summed E-state index contributed by atoms with van der Waals surface area (Å²) in [6.07, 6.45) is 2.18. The average molecular weight is 320 g/mol. The van der Waals surface area contributed by atoms with Crippen molar-refractivity contribution in [1.29, 1.82) is 0 Å². The summed E-state index contributed by atoms with van der Waals surface area (Å²) in [5, 5.41) is 17.3. The monoisotopic (exact) mass is 320 g/mol. The van der Waals surface area contributed by atoms with Gasteiger partial charge in [0.15, 0.2) is 5.96 Å². The van der Waals surface area contributed by atoms with Crippen molar-refractivity contribution in [2.24, 2.45) is 10.4 Å². The van der Waals surface area contributed by atoms with E-state index in [9.17, 15) is 10.1 Å². The summed E-state index contributed by atoms with van der Waals surface area (Å²) < 4.78 is 0. The molecule has 1 atom stereocenters. The van der Waals surface area contributed by atoms with E-state index < -0.39 is 0 Å². The lowest BCUT2D eigenvalue weighted by atomic mass is 9.89. The van der Waals surface area contributed by atoms with Gasteiger partial charge in [-0.2, -0.15) is 0 Å². The third kappa shape index (κ3) is 7.63. The van der Waals surface area contributed by atoms with E-state index in [2.05, 4.69) is 43.3 Å². The minimum Gasteiger partial charge on any atom is -0.354 e. The largest absolute Gasteiger partial charge is 0.354 e. The first-order valence-electron chi connectivity index (χ1n) is 7.92. The van der Waals surface area contributed by atoms with Gasteiger partial charge in [-0.15, -0.1) is 0 Å². The Balaban J connectivity index is 2.51. The van der Waals surface area contributed by atoms with Crippen LogP contribution in [0.2, 0.25) is 0 Å². The van der Waals surface area contributed by atoms with E-state index in [0.29, 0.717) is 24.0 Å². The highest BCUT2D eigenvalue weighted by Gasteiger charge is 2.13. The summed E-state index contributed by atoms with van der Waals surface area (Å²) >= 11 is 0. The standard InChI is InChI=1S/C17H28N4O2/c1-13(9-10-17(2,3)4)20-16(18-5)19-12-14-7-6-8-15(11-14)21(22)23/h6-8,11,13H,9-10,12H2,1-5H3,(H2,18,19,20). The maximum Gasteiger partial charge on any atom is 0.269 e. The van der Waals surface area contributed by atoms with Crippen molar-refractivity contribution in [3.05, 3.63) is 39.9 Å². The van der Waals surface area contributed by atoms with Crippen LogP contribution in [0.4, 0.5) is 5.69 Å². The maximum absolute atomic E-state index is 10.8. The number of nitro groups is 1. The summed E-state index contributed by atoms with van der Waals surface area (Å²) in [5.74, 6) is 0.706. The average Bonchev–Trinajstić information content (AvgIpc) is 2.49. The number of nitrogens with one attached hydrogen (secondary N) is 2. The molecule has 0 amide bonds. The molecule has 0 saturated carbocycles. The Morgan fingerprint density at radius 2 is 2.09 bits per heavy atom. The maximum atomic E-state index is 10.8. The van der Waals surface area contributed by atoms with Crippen molar-refractivity contribution in [2.45, 2.75) is 53.1 Å². The number of aliphatic imine (C=N–C) groups is 1. The fourth-order valence-corrected chi connectivity index (χ4v) is 2.12. The lowest BCUT2D eigenvalue weighted by Crippen LogP contribution is -2.42. The van der Waals surface area contributed by atoms with Crippen LogP contribution in [0.5, 0.6) is 0 Å². The molecule has 0 heterocycles. The Morgan fingerprint density at radius 1 is 1.39 bits per heavy atom. The van der Waals surface area contributed by atoms with Gasteiger partial charge in [0, 0.05) is 31.8 Å². The molecule has 0 aliphatic rings. The summed E-state index contributed by atoms with van der Waals surface area (Å²) in [6.45, 7) is 9.32. The molecule has 0 aliphatic heterocycles. The molecular weight excluding hydrogens is 292 g/mol. The Kier molecular flexibility index (Phi) is 7.00. The Bertz CT molecular complexity index is 550. The van der Waals surface area contributed by atoms with Gasteiger partial charge in [-0.05, 0) is 30.7 Å². The molecule has 1 aromatic carbocycles. The van der Waals surface area contributed by atoms with Gasteiger partial charge in [0.25, 0.3) is 5.69 Å². The number of non-ortho nitro benzene ring substituents is 1. The van der Waals surface area contributed by atoms with E-state index in [-0.39, 0.29) is 10.6 Å². The number of rotatable bonds is 6. The molecule has 6 heteroatoms. The van der Waals surface area contributed by atoms with Crippen LogP contribution in [0.3, 0.4) is 0 Å². The second-order valence-corrected chi connectivity index (χ2v) is 7.00. The highest BCUT2D eigenvalue weighted by atomic mass is 16.6. The summed E-state index contributed by atoms with van der Waals surface area (Å²) in [6, 6.07) is 6.92. The third-order valence-corrected chi connectivity index (χ3v) is 3.52. The molecule has 1 unspecified atom stereocenters. The Morgan fingerprint density at radius 3 is 2.65 bits per heavy atom. The Labute approximate surface area is 138 Å². The lowest BCUT2D eigenvalue weighted by molar-refractivity contribution is -0.384. The lowest BCUT2D eigenvalue weighted by Gasteiger charge is -2.23. The fraction of sp³-hybridized carbons (Fsp3) is 0.588. The smallest absolute Gasteiger partial charge is 0.269 e. The van der Waals surface area contributed by atoms with Gasteiger partial charge < -0.3 is 10.6 Å². The molecule has 0 bridgehead atoms. The van der Waals surface area contributed by atoms with E-state index in [1.807, 2.05) is 6.07 Å². The van der Waals surface area contributed by atoms with Crippen LogP contribution < -0.4 is 10.6 Å². The van der Waals surface area contributed by atoms with Crippen LogP contribution in [-0.2, 0) is 6.54 Å². The first-order valence-corrected chi connectivity index (χ1v) is 7.92. The molecule has 23 heavy (non-hydrogen) atoms. The van der Waals surface area contributed by atoms with Crippen LogP contribution in [0.1, 0.15) is 46.1 Å². The molecule has 1 rings (SSSR count). The number of guanidine groups is 1. The van der Waals surface area contributed by atoms with Crippen LogP contribution in [0.15, 0.2) is 29.3 Å². The van der Waals surface area contributed by atoms with Crippen molar-refractivity contribution in [3.8, 4) is 0 Å². The minimum atomic E-state index is -0.384. The zero-order valence-electron chi connectivity index (χ0n) is 14.7. The number of nitrogens with zero attached hydrogens (tertiary/aromatic N) is 2.